The summed E-state index contributed by atoms with van der Waals surface area (Å²) >= 11 is 0. The largest absolute Gasteiger partial charge is 0.393 e. The fourth-order valence-corrected chi connectivity index (χ4v) is 7.65. The maximum Gasteiger partial charge on any atom is 0.133 e. The van der Waals surface area contributed by atoms with Crippen LogP contribution in [0.1, 0.15) is 71.6 Å². The van der Waals surface area contributed by atoms with Crippen LogP contribution in [-0.4, -0.2) is 17.0 Å². The van der Waals surface area contributed by atoms with Crippen molar-refractivity contribution >= 4 is 5.78 Å². The minimum absolute atomic E-state index is 0.105. The predicted molar refractivity (Wildman–Crippen MR) is 96.4 cm³/mol. The molecule has 0 heterocycles. The van der Waals surface area contributed by atoms with Gasteiger partial charge in [0.25, 0.3) is 0 Å². The summed E-state index contributed by atoms with van der Waals surface area (Å²) in [5.74, 6) is 3.90. The third-order valence-corrected chi connectivity index (χ3v) is 9.08. The first kappa shape index (κ1) is 16.8. The lowest BCUT2D eigenvalue weighted by molar-refractivity contribution is -0.154. The molecule has 2 heteroatoms. The Morgan fingerprint density at radius 1 is 1.17 bits per heavy atom. The molecule has 0 saturated heterocycles. The number of fused-ring (bicyclic) bond motifs is 5. The molecule has 4 fully saturated rings. The van der Waals surface area contributed by atoms with Gasteiger partial charge in [0.1, 0.15) is 5.78 Å². The lowest BCUT2D eigenvalue weighted by Crippen LogP contribution is -2.57. The second-order valence-corrected chi connectivity index (χ2v) is 9.89. The van der Waals surface area contributed by atoms with Crippen LogP contribution in [-0.2, 0) is 4.79 Å². The zero-order valence-electron chi connectivity index (χ0n) is 15.5. The van der Waals surface area contributed by atoms with Gasteiger partial charge in [-0.1, -0.05) is 19.9 Å². The molecule has 2 nitrogen and oxygen atoms in total. The molecule has 0 unspecified atom stereocenters. The van der Waals surface area contributed by atoms with Gasteiger partial charge in [0.2, 0.25) is 0 Å². The zero-order chi connectivity index (χ0) is 17.1. The van der Waals surface area contributed by atoms with Crippen LogP contribution in [0.3, 0.4) is 0 Å². The van der Waals surface area contributed by atoms with Crippen LogP contribution >= 0.6 is 0 Å². The number of ketones is 1. The van der Waals surface area contributed by atoms with Crippen molar-refractivity contribution in [1.82, 2.24) is 0 Å². The topological polar surface area (TPSA) is 37.3 Å². The quantitative estimate of drug-likeness (QED) is 0.741. The van der Waals surface area contributed by atoms with Gasteiger partial charge < -0.3 is 5.11 Å². The zero-order valence-corrected chi connectivity index (χ0v) is 15.5. The molecule has 0 spiro atoms. The van der Waals surface area contributed by atoms with Crippen molar-refractivity contribution < 1.29 is 9.90 Å². The van der Waals surface area contributed by atoms with Gasteiger partial charge in [-0.15, -0.1) is 6.58 Å². The molecule has 4 rings (SSSR count). The van der Waals surface area contributed by atoms with E-state index in [-0.39, 0.29) is 11.5 Å². The van der Waals surface area contributed by atoms with E-state index in [1.165, 1.54) is 25.7 Å². The highest BCUT2D eigenvalue weighted by molar-refractivity contribution is 5.79. The highest BCUT2D eigenvalue weighted by Gasteiger charge is 2.62. The van der Waals surface area contributed by atoms with E-state index in [0.717, 1.165) is 43.9 Å². The number of carbonyl (C=O) groups excluding carboxylic acids is 1. The van der Waals surface area contributed by atoms with E-state index in [1.807, 2.05) is 0 Å². The lowest BCUT2D eigenvalue weighted by atomic mass is 9.42. The molecule has 4 aliphatic carbocycles. The molecule has 24 heavy (non-hydrogen) atoms. The van der Waals surface area contributed by atoms with Crippen molar-refractivity contribution in [1.29, 1.82) is 0 Å². The Labute approximate surface area is 147 Å². The van der Waals surface area contributed by atoms with Gasteiger partial charge in [0.05, 0.1) is 6.10 Å². The first-order valence-corrected chi connectivity index (χ1v) is 10.2. The molecule has 134 valence electrons. The number of carbonyl (C=O) groups is 1. The summed E-state index contributed by atoms with van der Waals surface area (Å²) in [4.78, 5) is 12.1. The van der Waals surface area contributed by atoms with E-state index in [4.69, 9.17) is 0 Å². The second-order valence-electron chi connectivity index (χ2n) is 9.89. The average Bonchev–Trinajstić information content (AvgIpc) is 2.85. The van der Waals surface area contributed by atoms with Crippen LogP contribution in [0.5, 0.6) is 0 Å². The molecule has 4 aliphatic rings. The SMILES string of the molecule is C=CC[C@@H]1C[C@H]2CC(=O)CC[C@]2(C)[C@H]2CC[C@]3(C)[C@@H](O)CC[C@H]3[C@H]12. The number of aliphatic hydroxyl groups excluding tert-OH is 1. The number of hydrogen-bond donors (Lipinski definition) is 1. The summed E-state index contributed by atoms with van der Waals surface area (Å²) < 4.78 is 0. The lowest BCUT2D eigenvalue weighted by Gasteiger charge is -2.62. The Bertz CT molecular complexity index is 540. The highest BCUT2D eigenvalue weighted by Crippen LogP contribution is 2.67. The van der Waals surface area contributed by atoms with Crippen molar-refractivity contribution in [3.8, 4) is 0 Å². The van der Waals surface area contributed by atoms with Crippen LogP contribution < -0.4 is 0 Å². The van der Waals surface area contributed by atoms with Crippen molar-refractivity contribution in [3.63, 3.8) is 0 Å². The molecule has 0 bridgehead atoms. The summed E-state index contributed by atoms with van der Waals surface area (Å²) in [6, 6.07) is 0. The van der Waals surface area contributed by atoms with Gasteiger partial charge in [-0.05, 0) is 85.4 Å². The monoisotopic (exact) mass is 330 g/mol. The molecular formula is C22H34O2. The molecule has 0 radical (unpaired) electrons. The molecule has 8 atom stereocenters. The van der Waals surface area contributed by atoms with E-state index in [2.05, 4.69) is 26.5 Å². The number of Topliss-reactive ketones (excluding diaryl/α,β-unsaturated/α-hetero) is 1. The average molecular weight is 331 g/mol. The van der Waals surface area contributed by atoms with E-state index in [0.29, 0.717) is 29.0 Å². The Hall–Kier alpha value is -0.630. The van der Waals surface area contributed by atoms with Gasteiger partial charge in [-0.3, -0.25) is 4.79 Å². The molecule has 0 aromatic rings. The van der Waals surface area contributed by atoms with Crippen LogP contribution in [0, 0.1) is 40.4 Å². The van der Waals surface area contributed by atoms with Gasteiger partial charge >= 0.3 is 0 Å². The fraction of sp³-hybridized carbons (Fsp3) is 0.864. The normalized spacial score (nSPS) is 53.9. The van der Waals surface area contributed by atoms with E-state index < -0.39 is 0 Å². The van der Waals surface area contributed by atoms with Crippen molar-refractivity contribution in [2.45, 2.75) is 77.7 Å². The predicted octanol–water partition coefficient (Wildman–Crippen LogP) is 4.76. The standard InChI is InChI=1S/C22H34O2/c1-4-5-14-12-15-13-16(23)8-10-21(15,2)18-9-11-22(3)17(20(14)18)6-7-19(22)24/h4,14-15,17-20,24H,1,5-13H2,2-3H3/t14-,15+,17+,18+,19+,20+,21+,22+/m1/s1. The third kappa shape index (κ3) is 2.21. The Morgan fingerprint density at radius 3 is 2.67 bits per heavy atom. The molecule has 0 amide bonds. The number of aliphatic hydroxyl groups is 1. The Balaban J connectivity index is 1.71. The van der Waals surface area contributed by atoms with Crippen LogP contribution in [0.15, 0.2) is 12.7 Å². The third-order valence-electron chi connectivity index (χ3n) is 9.08. The van der Waals surface area contributed by atoms with Crippen molar-refractivity contribution in [2.75, 3.05) is 0 Å². The van der Waals surface area contributed by atoms with Crippen LogP contribution in [0.2, 0.25) is 0 Å². The molecule has 0 aromatic heterocycles. The van der Waals surface area contributed by atoms with E-state index in [1.54, 1.807) is 0 Å². The summed E-state index contributed by atoms with van der Waals surface area (Å²) in [5.41, 5.74) is 0.486. The van der Waals surface area contributed by atoms with E-state index >= 15 is 0 Å². The molecular weight excluding hydrogens is 296 g/mol. The van der Waals surface area contributed by atoms with Crippen molar-refractivity contribution in [2.24, 2.45) is 40.4 Å². The maximum absolute atomic E-state index is 12.1. The summed E-state index contributed by atoms with van der Waals surface area (Å²) in [6.45, 7) is 8.89. The van der Waals surface area contributed by atoms with Gasteiger partial charge in [0, 0.05) is 12.8 Å². The maximum atomic E-state index is 12.1. The van der Waals surface area contributed by atoms with Gasteiger partial charge in [-0.25, -0.2) is 0 Å². The Kier molecular flexibility index (Phi) is 3.99. The number of allylic oxidation sites excluding steroid dienone is 1. The van der Waals surface area contributed by atoms with Crippen molar-refractivity contribution in [3.05, 3.63) is 12.7 Å². The molecule has 1 N–H and O–H groups in total. The van der Waals surface area contributed by atoms with Crippen LogP contribution in [0.25, 0.3) is 0 Å². The van der Waals surface area contributed by atoms with Gasteiger partial charge in [-0.2, -0.15) is 0 Å². The molecule has 0 aromatic carbocycles. The highest BCUT2D eigenvalue weighted by atomic mass is 16.3. The minimum Gasteiger partial charge on any atom is -0.393 e. The first-order chi connectivity index (χ1) is 11.4. The second kappa shape index (κ2) is 5.69. The van der Waals surface area contributed by atoms with E-state index in [9.17, 15) is 9.90 Å². The van der Waals surface area contributed by atoms with Crippen LogP contribution in [0.4, 0.5) is 0 Å². The fourth-order valence-electron chi connectivity index (χ4n) is 7.65. The molecule has 4 saturated carbocycles. The summed E-state index contributed by atoms with van der Waals surface area (Å²) in [7, 11) is 0. The smallest absolute Gasteiger partial charge is 0.133 e. The number of rotatable bonds is 2. The van der Waals surface area contributed by atoms with Gasteiger partial charge in [0.15, 0.2) is 0 Å². The number of hydrogen-bond acceptors (Lipinski definition) is 2. The summed E-state index contributed by atoms with van der Waals surface area (Å²) in [5, 5.41) is 10.7. The summed E-state index contributed by atoms with van der Waals surface area (Å²) in [6.07, 6.45) is 11.6. The minimum atomic E-state index is -0.105. The molecule has 0 aliphatic heterocycles. The Morgan fingerprint density at radius 2 is 1.92 bits per heavy atom. The first-order valence-electron chi connectivity index (χ1n) is 10.2.